The van der Waals surface area contributed by atoms with E-state index in [1.807, 2.05) is 30.3 Å². The molecule has 0 unspecified atom stereocenters. The lowest BCUT2D eigenvalue weighted by Crippen LogP contribution is -2.21. The maximum atomic E-state index is 12.2. The summed E-state index contributed by atoms with van der Waals surface area (Å²) in [5, 5.41) is 4.05. The first kappa shape index (κ1) is 15.7. The molecule has 25 heavy (non-hydrogen) atoms. The number of aryl methyl sites for hydroxylation is 1. The van der Waals surface area contributed by atoms with Crippen molar-refractivity contribution in [2.75, 3.05) is 6.79 Å². The number of hydrogen-bond acceptors (Lipinski definition) is 4. The van der Waals surface area contributed by atoms with Crippen LogP contribution in [0.15, 0.2) is 41.5 Å². The summed E-state index contributed by atoms with van der Waals surface area (Å²) in [7, 11) is 0. The fourth-order valence-corrected chi connectivity index (χ4v) is 3.41. The first-order valence-corrected chi connectivity index (χ1v) is 8.61. The zero-order chi connectivity index (χ0) is 17.1. The predicted octanol–water partition coefficient (Wildman–Crippen LogP) is 2.99. The standard InChI is InChI=1S/C20H20N2O3/c23-20(11-16-6-3-5-15-4-1-2-7-17(15)16)22-21-12-14-8-9-18-19(10-14)25-13-24-18/h3,5-6,8-10,12H,1-2,4,7,11,13H2,(H,22,23)/b21-12+. The quantitative estimate of drug-likeness (QED) is 0.690. The van der Waals surface area contributed by atoms with Gasteiger partial charge in [-0.3, -0.25) is 4.79 Å². The third kappa shape index (κ3) is 3.50. The van der Waals surface area contributed by atoms with Gasteiger partial charge in [0.15, 0.2) is 11.5 Å². The molecule has 0 saturated carbocycles. The fraction of sp³-hybridized carbons (Fsp3) is 0.300. The number of hydrazone groups is 1. The van der Waals surface area contributed by atoms with Crippen LogP contribution in [0.5, 0.6) is 11.5 Å². The molecule has 0 spiro atoms. The molecule has 0 radical (unpaired) electrons. The van der Waals surface area contributed by atoms with E-state index in [2.05, 4.69) is 16.6 Å². The Morgan fingerprint density at radius 2 is 2.00 bits per heavy atom. The predicted molar refractivity (Wildman–Crippen MR) is 95.1 cm³/mol. The summed E-state index contributed by atoms with van der Waals surface area (Å²) in [5.74, 6) is 1.33. The lowest BCUT2D eigenvalue weighted by Gasteiger charge is -2.18. The highest BCUT2D eigenvalue weighted by Crippen LogP contribution is 2.32. The monoisotopic (exact) mass is 336 g/mol. The largest absolute Gasteiger partial charge is 0.454 e. The van der Waals surface area contributed by atoms with Gasteiger partial charge in [-0.2, -0.15) is 5.10 Å². The number of nitrogens with zero attached hydrogens (tertiary/aromatic N) is 1. The van der Waals surface area contributed by atoms with E-state index >= 15 is 0 Å². The van der Waals surface area contributed by atoms with Crippen LogP contribution in [0.4, 0.5) is 0 Å². The highest BCUT2D eigenvalue weighted by atomic mass is 16.7. The average molecular weight is 336 g/mol. The van der Waals surface area contributed by atoms with Crippen molar-refractivity contribution in [3.05, 3.63) is 58.7 Å². The minimum atomic E-state index is -0.101. The van der Waals surface area contributed by atoms with Crippen LogP contribution in [0.3, 0.4) is 0 Å². The topological polar surface area (TPSA) is 59.9 Å². The number of ether oxygens (including phenoxy) is 2. The summed E-state index contributed by atoms with van der Waals surface area (Å²) < 4.78 is 10.6. The molecule has 1 heterocycles. The molecule has 0 bridgehead atoms. The van der Waals surface area contributed by atoms with Gasteiger partial charge in [0.2, 0.25) is 12.7 Å². The van der Waals surface area contributed by atoms with Crippen LogP contribution in [0.25, 0.3) is 0 Å². The summed E-state index contributed by atoms with van der Waals surface area (Å²) >= 11 is 0. The summed E-state index contributed by atoms with van der Waals surface area (Å²) in [6.45, 7) is 0.244. The fourth-order valence-electron chi connectivity index (χ4n) is 3.41. The average Bonchev–Trinajstić information content (AvgIpc) is 3.10. The van der Waals surface area contributed by atoms with Gasteiger partial charge in [0.1, 0.15) is 0 Å². The number of nitrogens with one attached hydrogen (secondary N) is 1. The van der Waals surface area contributed by atoms with Crippen LogP contribution in [0, 0.1) is 0 Å². The molecule has 4 rings (SSSR count). The van der Waals surface area contributed by atoms with E-state index in [1.54, 1.807) is 6.21 Å². The van der Waals surface area contributed by atoms with Gasteiger partial charge in [0.25, 0.3) is 0 Å². The number of rotatable bonds is 4. The Morgan fingerprint density at radius 3 is 2.96 bits per heavy atom. The second kappa shape index (κ2) is 6.97. The molecule has 2 aliphatic rings. The van der Waals surface area contributed by atoms with Gasteiger partial charge in [-0.1, -0.05) is 18.2 Å². The Hall–Kier alpha value is -2.82. The first-order chi connectivity index (χ1) is 12.3. The molecule has 1 N–H and O–H groups in total. The molecule has 2 aromatic rings. The van der Waals surface area contributed by atoms with Crippen LogP contribution in [0.1, 0.15) is 35.1 Å². The summed E-state index contributed by atoms with van der Waals surface area (Å²) in [6.07, 6.45) is 6.60. The van der Waals surface area contributed by atoms with E-state index in [-0.39, 0.29) is 12.7 Å². The van der Waals surface area contributed by atoms with Gasteiger partial charge in [-0.05, 0) is 66.1 Å². The highest BCUT2D eigenvalue weighted by molar-refractivity contribution is 5.84. The second-order valence-corrected chi connectivity index (χ2v) is 6.34. The second-order valence-electron chi connectivity index (χ2n) is 6.34. The number of hydrogen-bond donors (Lipinski definition) is 1. The molecular formula is C20H20N2O3. The zero-order valence-corrected chi connectivity index (χ0v) is 14.0. The Bertz CT molecular complexity index is 830. The van der Waals surface area contributed by atoms with Crippen LogP contribution >= 0.6 is 0 Å². The molecule has 1 aliphatic heterocycles. The van der Waals surface area contributed by atoms with E-state index in [4.69, 9.17) is 9.47 Å². The minimum absolute atomic E-state index is 0.101. The first-order valence-electron chi connectivity index (χ1n) is 8.61. The SMILES string of the molecule is O=C(Cc1cccc2c1CCCC2)N/N=C/c1ccc2c(c1)OCO2. The molecule has 0 atom stereocenters. The van der Waals surface area contributed by atoms with Gasteiger partial charge >= 0.3 is 0 Å². The Labute approximate surface area is 146 Å². The van der Waals surface area contributed by atoms with Crippen LogP contribution in [-0.4, -0.2) is 18.9 Å². The molecule has 0 aromatic heterocycles. The highest BCUT2D eigenvalue weighted by Gasteiger charge is 2.15. The van der Waals surface area contributed by atoms with Crippen molar-refractivity contribution in [3.63, 3.8) is 0 Å². The minimum Gasteiger partial charge on any atom is -0.454 e. The van der Waals surface area contributed by atoms with Crippen molar-refractivity contribution in [1.82, 2.24) is 5.43 Å². The molecule has 1 amide bonds. The Morgan fingerprint density at radius 1 is 1.12 bits per heavy atom. The van der Waals surface area contributed by atoms with Crippen molar-refractivity contribution in [2.24, 2.45) is 5.10 Å². The van der Waals surface area contributed by atoms with E-state index in [9.17, 15) is 4.79 Å². The molecule has 5 nitrogen and oxygen atoms in total. The van der Waals surface area contributed by atoms with Gasteiger partial charge in [0, 0.05) is 0 Å². The Kier molecular flexibility index (Phi) is 4.37. The van der Waals surface area contributed by atoms with Gasteiger partial charge in [0.05, 0.1) is 12.6 Å². The van der Waals surface area contributed by atoms with E-state index in [0.717, 1.165) is 29.7 Å². The molecule has 0 saturated heterocycles. The molecular weight excluding hydrogens is 316 g/mol. The van der Waals surface area contributed by atoms with Crippen molar-refractivity contribution in [3.8, 4) is 11.5 Å². The van der Waals surface area contributed by atoms with Crippen LogP contribution in [0.2, 0.25) is 0 Å². The van der Waals surface area contributed by atoms with Crippen molar-refractivity contribution >= 4 is 12.1 Å². The van der Waals surface area contributed by atoms with Gasteiger partial charge < -0.3 is 9.47 Å². The summed E-state index contributed by atoms with van der Waals surface area (Å²) in [4.78, 5) is 12.2. The third-order valence-electron chi connectivity index (χ3n) is 4.64. The lowest BCUT2D eigenvalue weighted by atomic mass is 9.87. The lowest BCUT2D eigenvalue weighted by molar-refractivity contribution is -0.120. The normalized spacial score (nSPS) is 15.2. The van der Waals surface area contributed by atoms with Crippen molar-refractivity contribution in [1.29, 1.82) is 0 Å². The van der Waals surface area contributed by atoms with Crippen molar-refractivity contribution in [2.45, 2.75) is 32.1 Å². The van der Waals surface area contributed by atoms with E-state index < -0.39 is 0 Å². The third-order valence-corrected chi connectivity index (χ3v) is 4.64. The molecule has 0 fully saturated rings. The van der Waals surface area contributed by atoms with Crippen molar-refractivity contribution < 1.29 is 14.3 Å². The van der Waals surface area contributed by atoms with E-state index in [0.29, 0.717) is 12.2 Å². The van der Waals surface area contributed by atoms with E-state index in [1.165, 1.54) is 24.0 Å². The number of amides is 1. The number of benzene rings is 2. The maximum Gasteiger partial charge on any atom is 0.244 e. The van der Waals surface area contributed by atoms with Gasteiger partial charge in [-0.15, -0.1) is 0 Å². The smallest absolute Gasteiger partial charge is 0.244 e. The van der Waals surface area contributed by atoms with Gasteiger partial charge in [-0.25, -0.2) is 5.43 Å². The number of carbonyl (C=O) groups excluding carboxylic acids is 1. The van der Waals surface area contributed by atoms with Crippen LogP contribution in [-0.2, 0) is 24.1 Å². The summed E-state index contributed by atoms with van der Waals surface area (Å²) in [5.41, 5.74) is 7.32. The molecule has 128 valence electrons. The molecule has 2 aromatic carbocycles. The molecule has 1 aliphatic carbocycles. The van der Waals surface area contributed by atoms with Crippen LogP contribution < -0.4 is 14.9 Å². The number of fused-ring (bicyclic) bond motifs is 2. The maximum absolute atomic E-state index is 12.2. The molecule has 5 heteroatoms. The Balaban J connectivity index is 1.38. The zero-order valence-electron chi connectivity index (χ0n) is 14.0. The number of carbonyl (C=O) groups is 1. The summed E-state index contributed by atoms with van der Waals surface area (Å²) in [6, 6.07) is 11.8.